The zero-order valence-electron chi connectivity index (χ0n) is 11.1. The normalized spacial score (nSPS) is 18.3. The number of benzene rings is 1. The van der Waals surface area contributed by atoms with Gasteiger partial charge in [-0.25, -0.2) is 0 Å². The van der Waals surface area contributed by atoms with E-state index in [4.69, 9.17) is 4.74 Å². The molecule has 0 aliphatic carbocycles. The SMILES string of the molecule is Cc1ccc(OCCCNC(=O)C2CSCN2)cc1. The maximum absolute atomic E-state index is 11.7. The summed E-state index contributed by atoms with van der Waals surface area (Å²) in [5.74, 6) is 2.71. The van der Waals surface area contributed by atoms with E-state index in [0.717, 1.165) is 23.8 Å². The standard InChI is InChI=1S/C14H20N2O2S/c1-11-3-5-12(6-4-11)18-8-2-7-15-14(17)13-9-19-10-16-13/h3-6,13,16H,2,7-10H2,1H3,(H,15,17). The van der Waals surface area contributed by atoms with Crippen LogP contribution in [0.5, 0.6) is 5.75 Å². The molecule has 2 rings (SSSR count). The van der Waals surface area contributed by atoms with Crippen LogP contribution in [0.25, 0.3) is 0 Å². The van der Waals surface area contributed by atoms with Crippen molar-refractivity contribution < 1.29 is 9.53 Å². The molecule has 1 aromatic rings. The summed E-state index contributed by atoms with van der Waals surface area (Å²) in [6.07, 6.45) is 0.819. The maximum atomic E-state index is 11.7. The second-order valence-corrected chi connectivity index (χ2v) is 5.61. The van der Waals surface area contributed by atoms with Gasteiger partial charge in [-0.2, -0.15) is 0 Å². The van der Waals surface area contributed by atoms with E-state index in [-0.39, 0.29) is 11.9 Å². The zero-order valence-corrected chi connectivity index (χ0v) is 12.0. The Morgan fingerprint density at radius 3 is 2.95 bits per heavy atom. The molecule has 1 fully saturated rings. The number of thioether (sulfide) groups is 1. The molecule has 1 aliphatic heterocycles. The van der Waals surface area contributed by atoms with Crippen molar-refractivity contribution in [1.29, 1.82) is 0 Å². The smallest absolute Gasteiger partial charge is 0.238 e. The van der Waals surface area contributed by atoms with E-state index in [1.807, 2.05) is 24.3 Å². The molecule has 4 nitrogen and oxygen atoms in total. The van der Waals surface area contributed by atoms with Crippen molar-refractivity contribution in [3.63, 3.8) is 0 Å². The predicted octanol–water partition coefficient (Wildman–Crippen LogP) is 1.54. The molecule has 0 spiro atoms. The van der Waals surface area contributed by atoms with E-state index in [1.165, 1.54) is 5.56 Å². The molecule has 1 saturated heterocycles. The Hall–Kier alpha value is -1.20. The largest absolute Gasteiger partial charge is 0.494 e. The summed E-state index contributed by atoms with van der Waals surface area (Å²) in [6, 6.07) is 7.96. The number of ether oxygens (including phenoxy) is 1. The van der Waals surface area contributed by atoms with Crippen LogP contribution < -0.4 is 15.4 Å². The zero-order chi connectivity index (χ0) is 13.5. The van der Waals surface area contributed by atoms with Gasteiger partial charge in [-0.15, -0.1) is 11.8 Å². The third-order valence-corrected chi connectivity index (χ3v) is 3.88. The Labute approximate surface area is 118 Å². The fraction of sp³-hybridized carbons (Fsp3) is 0.500. The predicted molar refractivity (Wildman–Crippen MR) is 78.5 cm³/mol. The Morgan fingerprint density at radius 1 is 1.47 bits per heavy atom. The van der Waals surface area contributed by atoms with Crippen LogP contribution in [0.2, 0.25) is 0 Å². The van der Waals surface area contributed by atoms with Crippen molar-refractivity contribution in [3.05, 3.63) is 29.8 Å². The van der Waals surface area contributed by atoms with E-state index >= 15 is 0 Å². The van der Waals surface area contributed by atoms with Gasteiger partial charge in [-0.1, -0.05) is 17.7 Å². The van der Waals surface area contributed by atoms with Crippen molar-refractivity contribution in [3.8, 4) is 5.75 Å². The van der Waals surface area contributed by atoms with Gasteiger partial charge in [0.1, 0.15) is 5.75 Å². The number of hydrogen-bond acceptors (Lipinski definition) is 4. The van der Waals surface area contributed by atoms with Crippen LogP contribution in [0.1, 0.15) is 12.0 Å². The molecule has 2 N–H and O–H groups in total. The second kappa shape index (κ2) is 7.40. The summed E-state index contributed by atoms with van der Waals surface area (Å²) in [6.45, 7) is 3.33. The minimum absolute atomic E-state index is 0.0250. The molecule has 1 aliphatic rings. The highest BCUT2D eigenvalue weighted by Crippen LogP contribution is 2.11. The number of carbonyl (C=O) groups is 1. The van der Waals surface area contributed by atoms with Crippen molar-refractivity contribution in [2.75, 3.05) is 24.8 Å². The van der Waals surface area contributed by atoms with E-state index in [2.05, 4.69) is 17.6 Å². The number of carbonyl (C=O) groups excluding carboxylic acids is 1. The van der Waals surface area contributed by atoms with Gasteiger partial charge in [0.05, 0.1) is 12.6 Å². The minimum atomic E-state index is -0.0250. The molecule has 5 heteroatoms. The minimum Gasteiger partial charge on any atom is -0.494 e. The lowest BCUT2D eigenvalue weighted by molar-refractivity contribution is -0.122. The van der Waals surface area contributed by atoms with Gasteiger partial charge in [0.2, 0.25) is 5.91 Å². The lowest BCUT2D eigenvalue weighted by Gasteiger charge is -2.11. The first-order valence-electron chi connectivity index (χ1n) is 6.54. The number of aryl methyl sites for hydroxylation is 1. The Morgan fingerprint density at radius 2 is 2.26 bits per heavy atom. The molecule has 0 saturated carbocycles. The van der Waals surface area contributed by atoms with Gasteiger partial charge in [-0.05, 0) is 25.5 Å². The first kappa shape index (κ1) is 14.2. The molecule has 0 bridgehead atoms. The number of hydrogen-bond donors (Lipinski definition) is 2. The van der Waals surface area contributed by atoms with Crippen LogP contribution in [0.15, 0.2) is 24.3 Å². The first-order valence-corrected chi connectivity index (χ1v) is 7.69. The summed E-state index contributed by atoms with van der Waals surface area (Å²) in [7, 11) is 0. The van der Waals surface area contributed by atoms with Crippen LogP contribution in [0, 0.1) is 6.92 Å². The fourth-order valence-electron chi connectivity index (χ4n) is 1.80. The third kappa shape index (κ3) is 4.76. The lowest BCUT2D eigenvalue weighted by atomic mass is 10.2. The van der Waals surface area contributed by atoms with Gasteiger partial charge < -0.3 is 10.1 Å². The second-order valence-electron chi connectivity index (χ2n) is 4.58. The van der Waals surface area contributed by atoms with Crippen LogP contribution in [-0.2, 0) is 4.79 Å². The quantitative estimate of drug-likeness (QED) is 0.776. The van der Waals surface area contributed by atoms with E-state index in [9.17, 15) is 4.79 Å². The van der Waals surface area contributed by atoms with Crippen molar-refractivity contribution in [2.45, 2.75) is 19.4 Å². The molecule has 1 heterocycles. The highest BCUT2D eigenvalue weighted by Gasteiger charge is 2.21. The summed E-state index contributed by atoms with van der Waals surface area (Å²) in [5.41, 5.74) is 1.22. The molecule has 0 radical (unpaired) electrons. The van der Waals surface area contributed by atoms with Crippen LogP contribution in [0.3, 0.4) is 0 Å². The van der Waals surface area contributed by atoms with E-state index in [0.29, 0.717) is 13.2 Å². The number of nitrogens with one attached hydrogen (secondary N) is 2. The van der Waals surface area contributed by atoms with Crippen molar-refractivity contribution in [1.82, 2.24) is 10.6 Å². The lowest BCUT2D eigenvalue weighted by Crippen LogP contribution is -2.42. The van der Waals surface area contributed by atoms with Crippen molar-refractivity contribution in [2.24, 2.45) is 0 Å². The third-order valence-electron chi connectivity index (χ3n) is 2.94. The van der Waals surface area contributed by atoms with E-state index in [1.54, 1.807) is 11.8 Å². The average molecular weight is 280 g/mol. The molecule has 1 aromatic carbocycles. The molecule has 1 amide bonds. The fourth-order valence-corrected chi connectivity index (χ4v) is 2.74. The molecular formula is C14H20N2O2S. The van der Waals surface area contributed by atoms with Gasteiger partial charge >= 0.3 is 0 Å². The van der Waals surface area contributed by atoms with Crippen LogP contribution in [-0.4, -0.2) is 36.7 Å². The molecule has 1 atom stereocenters. The monoisotopic (exact) mass is 280 g/mol. The van der Waals surface area contributed by atoms with Gasteiger partial charge in [0.15, 0.2) is 0 Å². The Balaban J connectivity index is 1.56. The number of amides is 1. The van der Waals surface area contributed by atoms with Gasteiger partial charge in [0.25, 0.3) is 0 Å². The van der Waals surface area contributed by atoms with Crippen molar-refractivity contribution >= 4 is 17.7 Å². The molecule has 0 aromatic heterocycles. The molecule has 1 unspecified atom stereocenters. The average Bonchev–Trinajstić information content (AvgIpc) is 2.94. The highest BCUT2D eigenvalue weighted by atomic mass is 32.2. The maximum Gasteiger partial charge on any atom is 0.238 e. The first-order chi connectivity index (χ1) is 9.25. The van der Waals surface area contributed by atoms with E-state index < -0.39 is 0 Å². The summed E-state index contributed by atoms with van der Waals surface area (Å²) < 4.78 is 5.60. The van der Waals surface area contributed by atoms with Crippen LogP contribution >= 0.6 is 11.8 Å². The summed E-state index contributed by atoms with van der Waals surface area (Å²) >= 11 is 1.76. The molecular weight excluding hydrogens is 260 g/mol. The molecule has 104 valence electrons. The Kier molecular flexibility index (Phi) is 5.54. The van der Waals surface area contributed by atoms with Gasteiger partial charge in [0, 0.05) is 18.2 Å². The summed E-state index contributed by atoms with van der Waals surface area (Å²) in [5, 5.41) is 6.07. The van der Waals surface area contributed by atoms with Gasteiger partial charge in [-0.3, -0.25) is 10.1 Å². The Bertz CT molecular complexity index is 402. The number of rotatable bonds is 6. The highest BCUT2D eigenvalue weighted by molar-refractivity contribution is 7.99. The molecule has 19 heavy (non-hydrogen) atoms. The topological polar surface area (TPSA) is 50.4 Å². The van der Waals surface area contributed by atoms with Crippen LogP contribution in [0.4, 0.5) is 0 Å². The summed E-state index contributed by atoms with van der Waals surface area (Å²) in [4.78, 5) is 11.7.